The monoisotopic (exact) mass is 472 g/mol. The molecule has 1 heterocycles. The summed E-state index contributed by atoms with van der Waals surface area (Å²) in [5, 5.41) is 33.8. The smallest absolute Gasteiger partial charge is 0.294 e. The molecule has 0 spiro atoms. The van der Waals surface area contributed by atoms with Crippen LogP contribution in [-0.2, 0) is 4.79 Å². The molecule has 32 heavy (non-hydrogen) atoms. The highest BCUT2D eigenvalue weighted by Crippen LogP contribution is 2.33. The fraction of sp³-hybridized carbons (Fsp3) is 0. The standard InChI is InChI=1S/C20H10Cl2N4O6/c21-12-1-5-17(18(8-12)26(30)31)24-20(27)11(10-23)7-14-3-6-19(32-14)15-4-2-13(25(28)29)9-16(15)22/h1-9H,(H,24,27). The normalized spacial score (nSPS) is 11.0. The summed E-state index contributed by atoms with van der Waals surface area (Å²) in [7, 11) is 0. The highest BCUT2D eigenvalue weighted by Gasteiger charge is 2.19. The zero-order chi connectivity index (χ0) is 23.4. The fourth-order valence-electron chi connectivity index (χ4n) is 2.63. The summed E-state index contributed by atoms with van der Waals surface area (Å²) in [4.78, 5) is 33.1. The van der Waals surface area contributed by atoms with Gasteiger partial charge in [-0.2, -0.15) is 5.26 Å². The van der Waals surface area contributed by atoms with Crippen LogP contribution in [0.25, 0.3) is 17.4 Å². The van der Waals surface area contributed by atoms with E-state index in [1.54, 1.807) is 6.07 Å². The second-order valence-corrected chi connectivity index (χ2v) is 7.01. The number of rotatable bonds is 6. The van der Waals surface area contributed by atoms with Crippen LogP contribution >= 0.6 is 23.2 Å². The Balaban J connectivity index is 1.86. The lowest BCUT2D eigenvalue weighted by Crippen LogP contribution is -2.14. The first kappa shape index (κ1) is 22.5. The molecule has 0 aliphatic heterocycles. The Morgan fingerprint density at radius 1 is 1.06 bits per heavy atom. The number of anilines is 1. The van der Waals surface area contributed by atoms with E-state index in [1.165, 1.54) is 42.5 Å². The maximum atomic E-state index is 12.5. The van der Waals surface area contributed by atoms with Gasteiger partial charge in [-0.25, -0.2) is 0 Å². The first-order valence-electron chi connectivity index (χ1n) is 8.61. The van der Waals surface area contributed by atoms with Crippen LogP contribution in [0.15, 0.2) is 58.5 Å². The maximum Gasteiger partial charge on any atom is 0.294 e. The van der Waals surface area contributed by atoms with Gasteiger partial charge in [0.2, 0.25) is 0 Å². The van der Waals surface area contributed by atoms with Gasteiger partial charge in [-0.3, -0.25) is 25.0 Å². The van der Waals surface area contributed by atoms with Crippen LogP contribution in [0.2, 0.25) is 10.0 Å². The largest absolute Gasteiger partial charge is 0.457 e. The van der Waals surface area contributed by atoms with Gasteiger partial charge in [-0.15, -0.1) is 0 Å². The predicted octanol–water partition coefficient (Wildman–Crippen LogP) is 5.62. The highest BCUT2D eigenvalue weighted by molar-refractivity contribution is 6.33. The lowest BCUT2D eigenvalue weighted by molar-refractivity contribution is -0.384. The topological polar surface area (TPSA) is 152 Å². The number of amides is 1. The van der Waals surface area contributed by atoms with Gasteiger partial charge in [0.05, 0.1) is 14.9 Å². The third-order valence-electron chi connectivity index (χ3n) is 4.11. The molecule has 0 saturated heterocycles. The van der Waals surface area contributed by atoms with Crippen LogP contribution in [-0.4, -0.2) is 15.8 Å². The van der Waals surface area contributed by atoms with Crippen LogP contribution in [0.5, 0.6) is 0 Å². The van der Waals surface area contributed by atoms with E-state index in [1.807, 2.05) is 0 Å². The quantitative estimate of drug-likeness (QED) is 0.211. The molecule has 0 radical (unpaired) electrons. The number of nitro benzene ring substituents is 2. The third-order valence-corrected chi connectivity index (χ3v) is 4.66. The molecular weight excluding hydrogens is 463 g/mol. The van der Waals surface area contributed by atoms with Gasteiger partial charge in [0, 0.05) is 34.9 Å². The molecule has 160 valence electrons. The Kier molecular flexibility index (Phi) is 6.53. The second-order valence-electron chi connectivity index (χ2n) is 6.17. The Bertz CT molecular complexity index is 1330. The van der Waals surface area contributed by atoms with Crippen molar-refractivity contribution in [3.05, 3.63) is 90.1 Å². The molecule has 2 aromatic carbocycles. The molecule has 1 amide bonds. The second kappa shape index (κ2) is 9.30. The molecule has 0 bridgehead atoms. The number of non-ortho nitro benzene ring substituents is 1. The molecule has 3 rings (SSSR count). The van der Waals surface area contributed by atoms with Crippen molar-refractivity contribution >= 4 is 52.2 Å². The molecule has 1 N–H and O–H groups in total. The van der Waals surface area contributed by atoms with Crippen molar-refractivity contribution in [3.63, 3.8) is 0 Å². The molecular formula is C20H10Cl2N4O6. The van der Waals surface area contributed by atoms with E-state index in [0.717, 1.165) is 12.1 Å². The van der Waals surface area contributed by atoms with E-state index in [2.05, 4.69) is 5.32 Å². The molecule has 0 atom stereocenters. The van der Waals surface area contributed by atoms with Gasteiger partial charge in [-0.1, -0.05) is 23.2 Å². The van der Waals surface area contributed by atoms with Crippen molar-refractivity contribution in [1.29, 1.82) is 5.26 Å². The first-order chi connectivity index (χ1) is 15.2. The van der Waals surface area contributed by atoms with Gasteiger partial charge in [0.15, 0.2) is 0 Å². The molecule has 1 aromatic heterocycles. The first-order valence-corrected chi connectivity index (χ1v) is 9.36. The summed E-state index contributed by atoms with van der Waals surface area (Å²) >= 11 is 11.8. The van der Waals surface area contributed by atoms with E-state index < -0.39 is 21.4 Å². The molecule has 10 nitrogen and oxygen atoms in total. The van der Waals surface area contributed by atoms with E-state index in [4.69, 9.17) is 27.6 Å². The Hall–Kier alpha value is -4.20. The van der Waals surface area contributed by atoms with Gasteiger partial charge in [0.25, 0.3) is 17.3 Å². The summed E-state index contributed by atoms with van der Waals surface area (Å²) in [5.41, 5.74) is -0.772. The van der Waals surface area contributed by atoms with Crippen LogP contribution in [0.4, 0.5) is 17.1 Å². The number of carbonyl (C=O) groups excluding carboxylic acids is 1. The highest BCUT2D eigenvalue weighted by atomic mass is 35.5. The zero-order valence-electron chi connectivity index (χ0n) is 15.7. The maximum absolute atomic E-state index is 12.5. The SMILES string of the molecule is N#CC(=Cc1ccc(-c2ccc([N+](=O)[O-])cc2Cl)o1)C(=O)Nc1ccc(Cl)cc1[N+](=O)[O-]. The van der Waals surface area contributed by atoms with E-state index in [0.29, 0.717) is 5.56 Å². The van der Waals surface area contributed by atoms with Crippen molar-refractivity contribution in [2.75, 3.05) is 5.32 Å². The van der Waals surface area contributed by atoms with Crippen molar-refractivity contribution in [2.24, 2.45) is 0 Å². The minimum atomic E-state index is -0.899. The summed E-state index contributed by atoms with van der Waals surface area (Å²) in [6, 6.07) is 12.2. The molecule has 0 saturated carbocycles. The Morgan fingerprint density at radius 3 is 2.44 bits per heavy atom. The summed E-state index contributed by atoms with van der Waals surface area (Å²) < 4.78 is 5.57. The van der Waals surface area contributed by atoms with Crippen LogP contribution < -0.4 is 5.32 Å². The molecule has 12 heteroatoms. The lowest BCUT2D eigenvalue weighted by Gasteiger charge is -2.05. The van der Waals surface area contributed by atoms with Gasteiger partial charge in [-0.05, 0) is 30.3 Å². The zero-order valence-corrected chi connectivity index (χ0v) is 17.3. The van der Waals surface area contributed by atoms with Crippen LogP contribution in [0, 0.1) is 31.6 Å². The van der Waals surface area contributed by atoms with Gasteiger partial charge >= 0.3 is 0 Å². The lowest BCUT2D eigenvalue weighted by atomic mass is 10.1. The van der Waals surface area contributed by atoms with E-state index in [-0.39, 0.29) is 38.5 Å². The number of furan rings is 1. The molecule has 0 aliphatic carbocycles. The van der Waals surface area contributed by atoms with Crippen LogP contribution in [0.3, 0.4) is 0 Å². The summed E-state index contributed by atoms with van der Waals surface area (Å²) in [5.74, 6) is -0.529. The van der Waals surface area contributed by atoms with Crippen molar-refractivity contribution < 1.29 is 19.1 Å². The summed E-state index contributed by atoms with van der Waals surface area (Å²) in [6.45, 7) is 0. The van der Waals surface area contributed by atoms with Crippen molar-refractivity contribution in [1.82, 2.24) is 0 Å². The number of nitriles is 1. The molecule has 3 aromatic rings. The number of hydrogen-bond acceptors (Lipinski definition) is 7. The van der Waals surface area contributed by atoms with E-state index in [9.17, 15) is 30.3 Å². The number of nitro groups is 2. The van der Waals surface area contributed by atoms with E-state index >= 15 is 0 Å². The average molecular weight is 473 g/mol. The predicted molar refractivity (Wildman–Crippen MR) is 116 cm³/mol. The Labute approximate surface area is 189 Å². The number of benzene rings is 2. The van der Waals surface area contributed by atoms with Gasteiger partial charge < -0.3 is 9.73 Å². The van der Waals surface area contributed by atoms with Crippen molar-refractivity contribution in [2.45, 2.75) is 0 Å². The number of carbonyl (C=O) groups is 1. The summed E-state index contributed by atoms with van der Waals surface area (Å²) in [6.07, 6.45) is 1.14. The minimum absolute atomic E-state index is 0.0809. The molecule has 0 aliphatic rings. The van der Waals surface area contributed by atoms with Gasteiger partial charge in [0.1, 0.15) is 28.9 Å². The minimum Gasteiger partial charge on any atom is -0.457 e. The average Bonchev–Trinajstić information content (AvgIpc) is 3.21. The number of nitrogens with one attached hydrogen (secondary N) is 1. The van der Waals surface area contributed by atoms with Crippen LogP contribution in [0.1, 0.15) is 5.76 Å². The number of hydrogen-bond donors (Lipinski definition) is 1. The number of halogens is 2. The number of nitrogens with zero attached hydrogens (tertiary/aromatic N) is 3. The Morgan fingerprint density at radius 2 is 1.81 bits per heavy atom. The molecule has 0 fully saturated rings. The third kappa shape index (κ3) is 4.92. The molecule has 0 unspecified atom stereocenters. The fourth-order valence-corrected chi connectivity index (χ4v) is 3.07. The van der Waals surface area contributed by atoms with Crippen molar-refractivity contribution in [3.8, 4) is 17.4 Å².